The number of amides is 1. The van der Waals surface area contributed by atoms with Crippen molar-refractivity contribution in [2.24, 2.45) is 28.8 Å². The van der Waals surface area contributed by atoms with Crippen LogP contribution in [0.2, 0.25) is 0 Å². The molecule has 0 saturated carbocycles. The summed E-state index contributed by atoms with van der Waals surface area (Å²) in [6.07, 6.45) is 4.68. The van der Waals surface area contributed by atoms with Crippen molar-refractivity contribution >= 4 is 47.9 Å². The van der Waals surface area contributed by atoms with Gasteiger partial charge in [0.25, 0.3) is 11.7 Å². The summed E-state index contributed by atoms with van der Waals surface area (Å²) in [5.41, 5.74) is -0.601. The Balaban J connectivity index is 1.64. The summed E-state index contributed by atoms with van der Waals surface area (Å²) in [5.74, 6) is -8.78. The number of rotatable bonds is 10. The second-order valence-electron chi connectivity index (χ2n) is 17.5. The van der Waals surface area contributed by atoms with Crippen LogP contribution in [0.3, 0.4) is 0 Å². The van der Waals surface area contributed by atoms with Gasteiger partial charge in [-0.3, -0.25) is 28.9 Å². The zero-order valence-electron chi connectivity index (χ0n) is 40.1. The van der Waals surface area contributed by atoms with E-state index in [4.69, 9.17) is 28.0 Å². The highest BCUT2D eigenvalue weighted by atomic mass is 31.2. The van der Waals surface area contributed by atoms with Gasteiger partial charge in [0.2, 0.25) is 0 Å². The van der Waals surface area contributed by atoms with Gasteiger partial charge in [0.05, 0.1) is 66.2 Å². The highest BCUT2D eigenvalue weighted by Gasteiger charge is 2.50. The molecule has 6 rings (SSSR count). The minimum atomic E-state index is -3.36. The molecule has 0 unspecified atom stereocenters. The molecule has 370 valence electrons. The summed E-state index contributed by atoms with van der Waals surface area (Å²) < 4.78 is 47.8. The maximum Gasteiger partial charge on any atom is 0.344 e. The normalized spacial score (nSPS) is 28.2. The fourth-order valence-electron chi connectivity index (χ4n) is 8.76. The number of hydrogen-bond acceptors (Lipinski definition) is 18. The maximum absolute atomic E-state index is 14.6. The smallest absolute Gasteiger partial charge is 0.344 e. The van der Waals surface area contributed by atoms with Gasteiger partial charge in [-0.25, -0.2) is 0 Å². The quantitative estimate of drug-likeness (QED) is 0.0530. The van der Waals surface area contributed by atoms with E-state index in [9.17, 15) is 44.5 Å². The first-order chi connectivity index (χ1) is 31.5. The van der Waals surface area contributed by atoms with Gasteiger partial charge in [-0.05, 0) is 33.8 Å². The zero-order chi connectivity index (χ0) is 49.7. The van der Waals surface area contributed by atoms with Gasteiger partial charge in [0.1, 0.15) is 29.6 Å². The number of aliphatic hydroxyl groups excluding tert-OH is 2. The predicted molar refractivity (Wildman–Crippen MR) is 250 cm³/mol. The molecule has 1 fully saturated rings. The SMILES string of the molecule is CCOP(=O)(CN1CCN(N=Cc2c3c(O)c4c(O)c(C)c5c(c4c2O)C(=O)[C@@](C)(OC=C[C@H](OC)[C@@H](C)[C@@H](OC(C)=O)[C@H](C)[C@H](O)[C@H](C)[C@@H](O)[C@@H](C)C=CC=C(C)C(=O)N3)O5)CC1)OCC. The first-order valence-electron chi connectivity index (χ1n) is 22.5. The largest absolute Gasteiger partial charge is 0.507 e. The molecule has 19 nitrogen and oxygen atoms in total. The van der Waals surface area contributed by atoms with Crippen LogP contribution >= 0.6 is 7.60 Å². The lowest BCUT2D eigenvalue weighted by molar-refractivity contribution is -0.160. The van der Waals surface area contributed by atoms with Gasteiger partial charge >= 0.3 is 19.4 Å². The lowest BCUT2D eigenvalue weighted by Gasteiger charge is -2.38. The Morgan fingerprint density at radius 3 is 2.18 bits per heavy atom. The molecule has 20 heteroatoms. The number of carbonyl (C=O) groups excluding carboxylic acids is 3. The molecule has 4 heterocycles. The van der Waals surface area contributed by atoms with Gasteiger partial charge in [-0.1, -0.05) is 45.9 Å². The van der Waals surface area contributed by atoms with Crippen LogP contribution in [0.25, 0.3) is 10.8 Å². The number of fused-ring (bicyclic) bond motifs is 14. The van der Waals surface area contributed by atoms with Gasteiger partial charge in [0.15, 0.2) is 5.75 Å². The van der Waals surface area contributed by atoms with E-state index in [-0.39, 0.29) is 64.0 Å². The number of hydrogen-bond donors (Lipinski definition) is 6. The van der Waals surface area contributed by atoms with Crippen LogP contribution in [0.4, 0.5) is 5.69 Å². The number of carbonyl (C=O) groups is 3. The number of phenols is 3. The molecule has 1 saturated heterocycles. The first kappa shape index (κ1) is 53.0. The number of esters is 1. The van der Waals surface area contributed by atoms with E-state index in [2.05, 4.69) is 10.4 Å². The Morgan fingerprint density at radius 2 is 1.58 bits per heavy atom. The molecule has 0 aliphatic carbocycles. The van der Waals surface area contributed by atoms with Crippen molar-refractivity contribution in [1.29, 1.82) is 0 Å². The Labute approximate surface area is 391 Å². The van der Waals surface area contributed by atoms with E-state index >= 15 is 0 Å². The average molecular weight is 959 g/mol. The van der Waals surface area contributed by atoms with E-state index in [1.165, 1.54) is 59.4 Å². The summed E-state index contributed by atoms with van der Waals surface area (Å²) in [7, 11) is -1.94. The number of hydrazone groups is 1. The average Bonchev–Trinajstić information content (AvgIpc) is 3.55. The number of aromatic hydroxyl groups is 3. The van der Waals surface area contributed by atoms with Crippen LogP contribution in [0, 0.1) is 30.6 Å². The number of ether oxygens (including phenoxy) is 4. The van der Waals surface area contributed by atoms with Gasteiger partial charge < -0.3 is 58.8 Å². The van der Waals surface area contributed by atoms with Crippen LogP contribution in [0.5, 0.6) is 23.0 Å². The van der Waals surface area contributed by atoms with Crippen LogP contribution in [0.15, 0.2) is 41.2 Å². The van der Waals surface area contributed by atoms with Crippen molar-refractivity contribution in [3.63, 3.8) is 0 Å². The number of piperazine rings is 1. The topological polar surface area (TPSA) is 256 Å². The van der Waals surface area contributed by atoms with Crippen LogP contribution in [-0.4, -0.2) is 142 Å². The molecule has 4 aliphatic rings. The lowest BCUT2D eigenvalue weighted by Crippen LogP contribution is -2.46. The minimum Gasteiger partial charge on any atom is -0.507 e. The Morgan fingerprint density at radius 1 is 0.940 bits per heavy atom. The second-order valence-corrected chi connectivity index (χ2v) is 19.5. The third-order valence-electron chi connectivity index (χ3n) is 12.8. The summed E-state index contributed by atoms with van der Waals surface area (Å²) in [4.78, 5) is 42.8. The van der Waals surface area contributed by atoms with Crippen molar-refractivity contribution in [1.82, 2.24) is 9.91 Å². The van der Waals surface area contributed by atoms with E-state index < -0.39 is 96.4 Å². The molecule has 9 atom stereocenters. The molecule has 67 heavy (non-hydrogen) atoms. The zero-order valence-corrected chi connectivity index (χ0v) is 41.0. The number of nitrogens with zero attached hydrogens (tertiary/aromatic N) is 3. The highest BCUT2D eigenvalue weighted by molar-refractivity contribution is 7.53. The molecule has 4 aliphatic heterocycles. The Bertz CT molecular complexity index is 2330. The Kier molecular flexibility index (Phi) is 17.4. The van der Waals surface area contributed by atoms with Gasteiger partial charge in [0, 0.05) is 87.3 Å². The summed E-state index contributed by atoms with van der Waals surface area (Å²) in [6, 6.07) is 0. The van der Waals surface area contributed by atoms with Crippen molar-refractivity contribution in [3.05, 3.63) is 52.8 Å². The molecule has 0 radical (unpaired) electrons. The van der Waals surface area contributed by atoms with Crippen LogP contribution < -0.4 is 10.1 Å². The lowest BCUT2D eigenvalue weighted by atomic mass is 9.78. The van der Waals surface area contributed by atoms with Gasteiger partial charge in [-0.2, -0.15) is 5.10 Å². The number of methoxy groups -OCH3 is 1. The molecule has 0 spiro atoms. The molecule has 0 aromatic heterocycles. The number of nitrogens with one attached hydrogen (secondary N) is 1. The molecular formula is C47H67N4O15P. The van der Waals surface area contributed by atoms with E-state index in [1.807, 2.05) is 4.90 Å². The number of Topliss-reactive ketones (excluding diaryl/α,β-unsaturated/α-hetero) is 1. The van der Waals surface area contributed by atoms with Crippen molar-refractivity contribution in [3.8, 4) is 23.0 Å². The summed E-state index contributed by atoms with van der Waals surface area (Å²) in [6.45, 7) is 17.8. The number of phenolic OH excluding ortho intramolecular Hbond substituents is 3. The van der Waals surface area contributed by atoms with Crippen LogP contribution in [-0.2, 0) is 37.4 Å². The molecular weight excluding hydrogens is 892 g/mol. The third-order valence-corrected chi connectivity index (χ3v) is 14.8. The number of allylic oxidation sites excluding steroid dienone is 2. The molecule has 6 N–H and O–H groups in total. The molecule has 2 aromatic rings. The summed E-state index contributed by atoms with van der Waals surface area (Å²) in [5, 5.41) is 67.2. The Hall–Kier alpha value is -5.01. The van der Waals surface area contributed by atoms with Crippen molar-refractivity contribution in [2.45, 2.75) is 99.4 Å². The van der Waals surface area contributed by atoms with Gasteiger partial charge in [-0.15, -0.1) is 0 Å². The molecule has 5 bridgehead atoms. The monoisotopic (exact) mass is 958 g/mol. The van der Waals surface area contributed by atoms with E-state index in [0.29, 0.717) is 26.2 Å². The number of anilines is 1. The first-order valence-corrected chi connectivity index (χ1v) is 24.2. The fraction of sp³-hybridized carbons (Fsp3) is 0.574. The van der Waals surface area contributed by atoms with E-state index in [0.717, 1.165) is 0 Å². The fourth-order valence-corrected chi connectivity index (χ4v) is 10.6. The van der Waals surface area contributed by atoms with Crippen molar-refractivity contribution in [2.75, 3.05) is 58.1 Å². The second kappa shape index (κ2) is 22.0. The minimum absolute atomic E-state index is 0.0223. The molecule has 1 amide bonds. The highest BCUT2D eigenvalue weighted by Crippen LogP contribution is 2.55. The standard InChI is InChI=1S/C47H67N4O15P/c1-12-63-67(60,64-13-2)24-50-18-20-51(21-19-50)48-23-32-37-42(57)35-34(41(32)56)36-44(30(8)40(35)55)66-47(10,45(36)58)62-22-17-33(61-11)27(5)43(65-31(9)52)29(7)39(54)28(6)38(53)25(3)15-14-16-26(4)46(59)49-37/h14-17,22-23,25,27-29,33,38-39,43,53-57H,12-13,18-21,24H2,1-11H3,(H,49,59)/t25-,27+,28+,29+,33-,38-,39+,43+,47-/m0/s1. The molecule has 2 aromatic carbocycles. The van der Waals surface area contributed by atoms with E-state index in [1.54, 1.807) is 58.7 Å². The van der Waals surface area contributed by atoms with Crippen molar-refractivity contribution < 1.29 is 72.5 Å². The number of ketones is 1. The maximum atomic E-state index is 14.6. The predicted octanol–water partition coefficient (Wildman–Crippen LogP) is 5.93. The number of benzene rings is 2. The summed E-state index contributed by atoms with van der Waals surface area (Å²) >= 11 is 0. The van der Waals surface area contributed by atoms with Crippen LogP contribution in [0.1, 0.15) is 83.8 Å². The number of aliphatic hydroxyl groups is 2. The third kappa shape index (κ3) is 11.3.